The maximum absolute atomic E-state index is 12.8. The van der Waals surface area contributed by atoms with E-state index in [2.05, 4.69) is 17.3 Å². The minimum Gasteiger partial charge on any atom is -0.493 e. The van der Waals surface area contributed by atoms with Crippen molar-refractivity contribution in [2.45, 2.75) is 31.7 Å². The van der Waals surface area contributed by atoms with Crippen molar-refractivity contribution >= 4 is 5.91 Å². The van der Waals surface area contributed by atoms with Gasteiger partial charge in [0, 0.05) is 18.2 Å². The summed E-state index contributed by atoms with van der Waals surface area (Å²) in [5, 5.41) is 3.22. The Bertz CT molecular complexity index is 624. The first-order chi connectivity index (χ1) is 12.5. The molecular formula is C20H30N2O4. The Balaban J connectivity index is 1.68. The number of hydrogen-bond acceptors (Lipinski definition) is 5. The van der Waals surface area contributed by atoms with Crippen LogP contribution in [0.15, 0.2) is 12.1 Å². The molecule has 1 unspecified atom stereocenters. The summed E-state index contributed by atoms with van der Waals surface area (Å²) in [5.74, 6) is 2.92. The minimum atomic E-state index is -0.0827. The van der Waals surface area contributed by atoms with E-state index in [0.29, 0.717) is 22.8 Å². The number of benzene rings is 1. The van der Waals surface area contributed by atoms with Gasteiger partial charge < -0.3 is 24.4 Å². The van der Waals surface area contributed by atoms with Crippen LogP contribution in [0.5, 0.6) is 17.2 Å². The molecule has 1 saturated carbocycles. The molecule has 144 valence electrons. The number of carbonyl (C=O) groups excluding carboxylic acids is 1. The number of carbonyl (C=O) groups is 1. The average molecular weight is 362 g/mol. The molecule has 6 heteroatoms. The number of ether oxygens (including phenoxy) is 3. The summed E-state index contributed by atoms with van der Waals surface area (Å²) in [6.07, 6.45) is 4.55. The lowest BCUT2D eigenvalue weighted by atomic mass is 9.73. The summed E-state index contributed by atoms with van der Waals surface area (Å²) >= 11 is 0. The lowest BCUT2D eigenvalue weighted by Gasteiger charge is -2.42. The highest BCUT2D eigenvalue weighted by Crippen LogP contribution is 2.39. The molecule has 0 radical (unpaired) electrons. The summed E-state index contributed by atoms with van der Waals surface area (Å²) in [6.45, 7) is 2.35. The van der Waals surface area contributed by atoms with E-state index in [4.69, 9.17) is 14.2 Å². The molecule has 2 fully saturated rings. The number of amides is 1. The number of nitrogens with zero attached hydrogens (tertiary/aromatic N) is 1. The Morgan fingerprint density at radius 3 is 2.35 bits per heavy atom. The largest absolute Gasteiger partial charge is 0.493 e. The Labute approximate surface area is 155 Å². The van der Waals surface area contributed by atoms with Crippen molar-refractivity contribution in [2.75, 3.05) is 41.5 Å². The van der Waals surface area contributed by atoms with Crippen molar-refractivity contribution in [3.63, 3.8) is 0 Å². The zero-order valence-corrected chi connectivity index (χ0v) is 16.2. The zero-order chi connectivity index (χ0) is 18.7. The van der Waals surface area contributed by atoms with Crippen LogP contribution in [0, 0.1) is 11.8 Å². The number of hydrogen-bond donors (Lipinski definition) is 1. The van der Waals surface area contributed by atoms with Gasteiger partial charge in [-0.05, 0) is 63.2 Å². The van der Waals surface area contributed by atoms with E-state index in [1.807, 2.05) is 0 Å². The van der Waals surface area contributed by atoms with Crippen LogP contribution < -0.4 is 19.5 Å². The summed E-state index contributed by atoms with van der Waals surface area (Å²) in [4.78, 5) is 15.2. The van der Waals surface area contributed by atoms with Gasteiger partial charge in [0.25, 0.3) is 5.91 Å². The molecule has 2 aliphatic rings. The lowest BCUT2D eigenvalue weighted by Crippen LogP contribution is -2.46. The van der Waals surface area contributed by atoms with Gasteiger partial charge in [-0.15, -0.1) is 0 Å². The second kappa shape index (κ2) is 8.16. The molecule has 0 aromatic heterocycles. The molecule has 0 spiro atoms. The predicted octanol–water partition coefficient (Wildman–Crippen LogP) is 2.56. The predicted molar refractivity (Wildman–Crippen MR) is 100 cm³/mol. The number of rotatable bonds is 5. The molecule has 1 aliphatic heterocycles. The third-order valence-electron chi connectivity index (χ3n) is 5.83. The zero-order valence-electron chi connectivity index (χ0n) is 16.2. The smallest absolute Gasteiger partial charge is 0.251 e. The van der Waals surface area contributed by atoms with Crippen LogP contribution in [0.3, 0.4) is 0 Å². The van der Waals surface area contributed by atoms with Crippen LogP contribution in [0.4, 0.5) is 0 Å². The molecule has 1 saturated heterocycles. The van der Waals surface area contributed by atoms with E-state index >= 15 is 0 Å². The van der Waals surface area contributed by atoms with Gasteiger partial charge in [-0.25, -0.2) is 0 Å². The van der Waals surface area contributed by atoms with Gasteiger partial charge in [-0.1, -0.05) is 0 Å². The van der Waals surface area contributed by atoms with Gasteiger partial charge >= 0.3 is 0 Å². The summed E-state index contributed by atoms with van der Waals surface area (Å²) in [5.41, 5.74) is 0.532. The van der Waals surface area contributed by atoms with Crippen LogP contribution in [-0.2, 0) is 0 Å². The first-order valence-electron chi connectivity index (χ1n) is 9.35. The van der Waals surface area contributed by atoms with Crippen LogP contribution >= 0.6 is 0 Å². The molecule has 6 nitrogen and oxygen atoms in total. The van der Waals surface area contributed by atoms with E-state index in [9.17, 15) is 4.79 Å². The SMILES string of the molecule is COc1cc(C(=O)NC2CC[C@H]3CN(C)CC[C@H]3C2)cc(OC)c1OC. The normalized spacial score (nSPS) is 25.9. The second-order valence-electron chi connectivity index (χ2n) is 7.47. The van der Waals surface area contributed by atoms with Crippen LogP contribution in [0.25, 0.3) is 0 Å². The van der Waals surface area contributed by atoms with Gasteiger partial charge in [-0.3, -0.25) is 4.79 Å². The maximum Gasteiger partial charge on any atom is 0.251 e. The van der Waals surface area contributed by atoms with Crippen molar-refractivity contribution in [3.8, 4) is 17.2 Å². The first-order valence-corrected chi connectivity index (χ1v) is 9.35. The van der Waals surface area contributed by atoms with Gasteiger partial charge in [0.2, 0.25) is 5.75 Å². The molecule has 0 bridgehead atoms. The van der Waals surface area contributed by atoms with E-state index in [1.165, 1.54) is 19.4 Å². The average Bonchev–Trinajstić information content (AvgIpc) is 2.66. The third kappa shape index (κ3) is 3.90. The van der Waals surface area contributed by atoms with Crippen molar-refractivity contribution in [3.05, 3.63) is 17.7 Å². The van der Waals surface area contributed by atoms with Crippen LogP contribution in [0.1, 0.15) is 36.0 Å². The first kappa shape index (κ1) is 18.8. The van der Waals surface area contributed by atoms with Crippen LogP contribution in [0.2, 0.25) is 0 Å². The van der Waals surface area contributed by atoms with Gasteiger partial charge in [-0.2, -0.15) is 0 Å². The quantitative estimate of drug-likeness (QED) is 0.872. The summed E-state index contributed by atoms with van der Waals surface area (Å²) in [6, 6.07) is 3.65. The lowest BCUT2D eigenvalue weighted by molar-refractivity contribution is 0.0771. The van der Waals surface area contributed by atoms with Gasteiger partial charge in [0.1, 0.15) is 0 Å². The molecule has 1 heterocycles. The van der Waals surface area contributed by atoms with Crippen molar-refractivity contribution < 1.29 is 19.0 Å². The highest BCUT2D eigenvalue weighted by molar-refractivity contribution is 5.95. The number of piperidine rings is 1. The summed E-state index contributed by atoms with van der Waals surface area (Å²) in [7, 11) is 6.87. The number of fused-ring (bicyclic) bond motifs is 1. The topological polar surface area (TPSA) is 60.0 Å². The van der Waals surface area contributed by atoms with Crippen molar-refractivity contribution in [1.82, 2.24) is 10.2 Å². The van der Waals surface area contributed by atoms with Crippen molar-refractivity contribution in [2.24, 2.45) is 11.8 Å². The highest BCUT2D eigenvalue weighted by atomic mass is 16.5. The molecule has 26 heavy (non-hydrogen) atoms. The minimum absolute atomic E-state index is 0.0827. The number of methoxy groups -OCH3 is 3. The maximum atomic E-state index is 12.8. The number of nitrogens with one attached hydrogen (secondary N) is 1. The summed E-state index contributed by atoms with van der Waals surface area (Å²) < 4.78 is 16.0. The third-order valence-corrected chi connectivity index (χ3v) is 5.83. The molecule has 3 atom stereocenters. The van der Waals surface area contributed by atoms with Gasteiger partial charge in [0.05, 0.1) is 21.3 Å². The standard InChI is InChI=1S/C20H30N2O4/c1-22-8-7-13-9-16(6-5-14(13)12-22)21-20(23)15-10-17(24-2)19(26-4)18(11-15)25-3/h10-11,13-14,16H,5-9,12H2,1-4H3,(H,21,23)/t13-,14-,16?/m0/s1. The fourth-order valence-corrected chi connectivity index (χ4v) is 4.41. The monoisotopic (exact) mass is 362 g/mol. The van der Waals surface area contributed by atoms with E-state index < -0.39 is 0 Å². The Hall–Kier alpha value is -1.95. The Kier molecular flexibility index (Phi) is 5.91. The fraction of sp³-hybridized carbons (Fsp3) is 0.650. The molecule has 3 rings (SSSR count). The highest BCUT2D eigenvalue weighted by Gasteiger charge is 2.34. The fourth-order valence-electron chi connectivity index (χ4n) is 4.41. The number of likely N-dealkylation sites (tertiary alicyclic amines) is 1. The van der Waals surface area contributed by atoms with Crippen LogP contribution in [-0.4, -0.2) is 58.3 Å². The molecule has 1 amide bonds. The van der Waals surface area contributed by atoms with E-state index in [0.717, 1.165) is 31.2 Å². The van der Waals surface area contributed by atoms with E-state index in [-0.39, 0.29) is 11.9 Å². The Morgan fingerprint density at radius 1 is 1.04 bits per heavy atom. The second-order valence-corrected chi connectivity index (χ2v) is 7.47. The van der Waals surface area contributed by atoms with Gasteiger partial charge in [0.15, 0.2) is 11.5 Å². The molecule has 1 N–H and O–H groups in total. The van der Waals surface area contributed by atoms with Crippen molar-refractivity contribution in [1.29, 1.82) is 0 Å². The molecule has 1 aromatic rings. The molecular weight excluding hydrogens is 332 g/mol. The van der Waals surface area contributed by atoms with E-state index in [1.54, 1.807) is 33.5 Å². The molecule has 1 aliphatic carbocycles. The molecule has 1 aromatic carbocycles. The Morgan fingerprint density at radius 2 is 1.73 bits per heavy atom.